The van der Waals surface area contributed by atoms with Gasteiger partial charge in [-0.3, -0.25) is 0 Å². The second kappa shape index (κ2) is 6.28. The third kappa shape index (κ3) is 3.62. The van der Waals surface area contributed by atoms with E-state index in [0.717, 1.165) is 6.54 Å². The van der Waals surface area contributed by atoms with Crippen molar-refractivity contribution in [3.05, 3.63) is 39.5 Å². The Morgan fingerprint density at radius 1 is 1.16 bits per heavy atom. The highest BCUT2D eigenvalue weighted by Crippen LogP contribution is 2.30. The Labute approximate surface area is 126 Å². The maximum absolute atomic E-state index is 6.08. The highest BCUT2D eigenvalue weighted by molar-refractivity contribution is 6.36. The summed E-state index contributed by atoms with van der Waals surface area (Å²) in [5.41, 5.74) is 0.636. The van der Waals surface area contributed by atoms with Gasteiger partial charge in [0.25, 0.3) is 0 Å². The van der Waals surface area contributed by atoms with Crippen molar-refractivity contribution in [2.75, 3.05) is 17.2 Å². The van der Waals surface area contributed by atoms with E-state index in [-0.39, 0.29) is 0 Å². The predicted octanol–water partition coefficient (Wildman–Crippen LogP) is 4.61. The standard InChI is InChI=1S/C12H11Cl3N4/c1-2-16-12-17-6-9(15)11(19-12)18-10-5-7(13)3-4-8(10)14/h3-6H,2H2,1H3,(H2,16,17,18,19). The molecule has 0 aliphatic rings. The van der Waals surface area contributed by atoms with Crippen molar-refractivity contribution in [3.63, 3.8) is 0 Å². The van der Waals surface area contributed by atoms with Crippen LogP contribution >= 0.6 is 34.8 Å². The van der Waals surface area contributed by atoms with Gasteiger partial charge >= 0.3 is 0 Å². The first-order valence-corrected chi connectivity index (χ1v) is 6.72. The van der Waals surface area contributed by atoms with E-state index in [1.165, 1.54) is 6.20 Å². The fourth-order valence-electron chi connectivity index (χ4n) is 1.42. The number of halogens is 3. The smallest absolute Gasteiger partial charge is 0.224 e. The first-order chi connectivity index (χ1) is 9.10. The Balaban J connectivity index is 2.31. The van der Waals surface area contributed by atoms with Crippen molar-refractivity contribution in [1.29, 1.82) is 0 Å². The van der Waals surface area contributed by atoms with Crippen LogP contribution in [-0.4, -0.2) is 16.5 Å². The zero-order chi connectivity index (χ0) is 13.8. The molecule has 1 aromatic carbocycles. The van der Waals surface area contributed by atoms with E-state index in [9.17, 15) is 0 Å². The molecule has 7 heteroatoms. The van der Waals surface area contributed by atoms with E-state index in [0.29, 0.717) is 32.5 Å². The van der Waals surface area contributed by atoms with Gasteiger partial charge in [0.2, 0.25) is 5.95 Å². The van der Waals surface area contributed by atoms with Gasteiger partial charge in [-0.05, 0) is 25.1 Å². The van der Waals surface area contributed by atoms with E-state index in [2.05, 4.69) is 20.6 Å². The van der Waals surface area contributed by atoms with Crippen molar-refractivity contribution in [2.45, 2.75) is 6.92 Å². The molecule has 2 rings (SSSR count). The number of hydrogen-bond donors (Lipinski definition) is 2. The zero-order valence-electron chi connectivity index (χ0n) is 10.0. The van der Waals surface area contributed by atoms with Gasteiger partial charge in [0.1, 0.15) is 5.02 Å². The molecule has 0 spiro atoms. The molecule has 0 unspecified atom stereocenters. The third-order valence-corrected chi connectivity index (χ3v) is 3.10. The van der Waals surface area contributed by atoms with Gasteiger partial charge in [0.05, 0.1) is 16.9 Å². The Hall–Kier alpha value is -1.23. The molecule has 2 aromatic rings. The number of aromatic nitrogens is 2. The minimum atomic E-state index is 0.401. The normalized spacial score (nSPS) is 10.3. The molecule has 0 aliphatic carbocycles. The zero-order valence-corrected chi connectivity index (χ0v) is 12.3. The highest BCUT2D eigenvalue weighted by atomic mass is 35.5. The second-order valence-corrected chi connectivity index (χ2v) is 4.92. The second-order valence-electron chi connectivity index (χ2n) is 3.67. The summed E-state index contributed by atoms with van der Waals surface area (Å²) in [6.07, 6.45) is 1.52. The van der Waals surface area contributed by atoms with Crippen LogP contribution in [0.4, 0.5) is 17.5 Å². The average molecular weight is 318 g/mol. The molecule has 100 valence electrons. The molecule has 19 heavy (non-hydrogen) atoms. The summed E-state index contributed by atoms with van der Waals surface area (Å²) in [6, 6.07) is 5.11. The number of benzene rings is 1. The van der Waals surface area contributed by atoms with Crippen molar-refractivity contribution >= 4 is 52.3 Å². The summed E-state index contributed by atoms with van der Waals surface area (Å²) >= 11 is 18.1. The first kappa shape index (κ1) is 14.2. The number of rotatable bonds is 4. The summed E-state index contributed by atoms with van der Waals surface area (Å²) < 4.78 is 0. The highest BCUT2D eigenvalue weighted by Gasteiger charge is 2.08. The summed E-state index contributed by atoms with van der Waals surface area (Å²) in [5.74, 6) is 0.962. The van der Waals surface area contributed by atoms with Crippen LogP contribution in [0.2, 0.25) is 15.1 Å². The molecule has 0 amide bonds. The molecule has 1 heterocycles. The van der Waals surface area contributed by atoms with Crippen LogP contribution in [-0.2, 0) is 0 Å². The lowest BCUT2D eigenvalue weighted by molar-refractivity contribution is 1.09. The Bertz CT molecular complexity index is 589. The van der Waals surface area contributed by atoms with Crippen LogP contribution in [0.25, 0.3) is 0 Å². The maximum atomic E-state index is 6.08. The van der Waals surface area contributed by atoms with Crippen molar-refractivity contribution in [1.82, 2.24) is 9.97 Å². The van der Waals surface area contributed by atoms with Crippen molar-refractivity contribution in [2.24, 2.45) is 0 Å². The van der Waals surface area contributed by atoms with E-state index >= 15 is 0 Å². The number of hydrogen-bond acceptors (Lipinski definition) is 4. The third-order valence-electron chi connectivity index (χ3n) is 2.26. The largest absolute Gasteiger partial charge is 0.354 e. The van der Waals surface area contributed by atoms with E-state index in [1.54, 1.807) is 18.2 Å². The Morgan fingerprint density at radius 2 is 1.95 bits per heavy atom. The molecule has 0 saturated carbocycles. The lowest BCUT2D eigenvalue weighted by Crippen LogP contribution is -2.04. The topological polar surface area (TPSA) is 49.8 Å². The Morgan fingerprint density at radius 3 is 2.68 bits per heavy atom. The van der Waals surface area contributed by atoms with Crippen LogP contribution in [0.5, 0.6) is 0 Å². The van der Waals surface area contributed by atoms with Crippen LogP contribution in [0.1, 0.15) is 6.92 Å². The van der Waals surface area contributed by atoms with Gasteiger partial charge in [0, 0.05) is 11.6 Å². The molecule has 1 aromatic heterocycles. The van der Waals surface area contributed by atoms with Gasteiger partial charge in [0.15, 0.2) is 5.82 Å². The SMILES string of the molecule is CCNc1ncc(Cl)c(Nc2cc(Cl)ccc2Cl)n1. The van der Waals surface area contributed by atoms with Gasteiger partial charge in [-0.25, -0.2) is 4.98 Å². The average Bonchev–Trinajstić information content (AvgIpc) is 2.38. The molecular weight excluding hydrogens is 307 g/mol. The van der Waals surface area contributed by atoms with Crippen LogP contribution in [0.3, 0.4) is 0 Å². The first-order valence-electron chi connectivity index (χ1n) is 5.58. The fourth-order valence-corrected chi connectivity index (χ4v) is 1.89. The molecule has 4 nitrogen and oxygen atoms in total. The maximum Gasteiger partial charge on any atom is 0.224 e. The minimum Gasteiger partial charge on any atom is -0.354 e. The lowest BCUT2D eigenvalue weighted by Gasteiger charge is -2.10. The van der Waals surface area contributed by atoms with Crippen LogP contribution < -0.4 is 10.6 Å². The predicted molar refractivity (Wildman–Crippen MR) is 81.0 cm³/mol. The van der Waals surface area contributed by atoms with Crippen molar-refractivity contribution in [3.8, 4) is 0 Å². The number of anilines is 3. The van der Waals surface area contributed by atoms with Gasteiger partial charge in [-0.15, -0.1) is 0 Å². The summed E-state index contributed by atoms with van der Waals surface area (Å²) in [6.45, 7) is 2.68. The van der Waals surface area contributed by atoms with Gasteiger partial charge in [-0.2, -0.15) is 4.98 Å². The molecule has 2 N–H and O–H groups in total. The number of nitrogens with zero attached hydrogens (tertiary/aromatic N) is 2. The van der Waals surface area contributed by atoms with Crippen LogP contribution in [0.15, 0.2) is 24.4 Å². The summed E-state index contributed by atoms with van der Waals surface area (Å²) in [4.78, 5) is 8.32. The molecule has 0 saturated heterocycles. The van der Waals surface area contributed by atoms with Crippen molar-refractivity contribution < 1.29 is 0 Å². The van der Waals surface area contributed by atoms with Gasteiger partial charge < -0.3 is 10.6 Å². The monoisotopic (exact) mass is 316 g/mol. The van der Waals surface area contributed by atoms with E-state index < -0.39 is 0 Å². The van der Waals surface area contributed by atoms with E-state index in [1.807, 2.05) is 6.92 Å². The lowest BCUT2D eigenvalue weighted by atomic mass is 10.3. The minimum absolute atomic E-state index is 0.401. The fraction of sp³-hybridized carbons (Fsp3) is 0.167. The van der Waals surface area contributed by atoms with E-state index in [4.69, 9.17) is 34.8 Å². The number of nitrogens with one attached hydrogen (secondary N) is 2. The molecule has 0 atom stereocenters. The summed E-state index contributed by atoms with van der Waals surface area (Å²) in [5, 5.41) is 7.55. The van der Waals surface area contributed by atoms with Gasteiger partial charge in [-0.1, -0.05) is 34.8 Å². The summed E-state index contributed by atoms with van der Waals surface area (Å²) in [7, 11) is 0. The molecule has 0 aliphatic heterocycles. The molecule has 0 bridgehead atoms. The quantitative estimate of drug-likeness (QED) is 0.864. The molecule has 0 radical (unpaired) electrons. The molecular formula is C12H11Cl3N4. The Kier molecular flexibility index (Phi) is 4.69. The molecule has 0 fully saturated rings. The van der Waals surface area contributed by atoms with Crippen LogP contribution in [0, 0.1) is 0 Å².